The highest BCUT2D eigenvalue weighted by molar-refractivity contribution is 5.96. The summed E-state index contributed by atoms with van der Waals surface area (Å²) in [7, 11) is 0. The van der Waals surface area contributed by atoms with Crippen molar-refractivity contribution >= 4 is 23.8 Å². The molecular formula is C14H13NO7. The number of carboxylic acids is 2. The lowest BCUT2D eigenvalue weighted by atomic mass is 9.95. The number of piperidine rings is 1. The van der Waals surface area contributed by atoms with Gasteiger partial charge in [0.05, 0.1) is 0 Å². The van der Waals surface area contributed by atoms with Crippen LogP contribution in [-0.4, -0.2) is 51.0 Å². The van der Waals surface area contributed by atoms with Gasteiger partial charge < -0.3 is 14.9 Å². The van der Waals surface area contributed by atoms with Crippen molar-refractivity contribution in [3.63, 3.8) is 0 Å². The minimum absolute atomic E-state index is 0.151. The third-order valence-electron chi connectivity index (χ3n) is 3.24. The van der Waals surface area contributed by atoms with Gasteiger partial charge in [-0.15, -0.1) is 0 Å². The number of hydrogen-bond acceptors (Lipinski definition) is 5. The number of carbonyl (C=O) groups is 4. The molecule has 0 aliphatic carbocycles. The van der Waals surface area contributed by atoms with Crippen LogP contribution in [0.2, 0.25) is 0 Å². The van der Waals surface area contributed by atoms with Crippen LogP contribution in [0, 0.1) is 0 Å². The molecule has 1 saturated heterocycles. The first-order valence-corrected chi connectivity index (χ1v) is 6.42. The Morgan fingerprint density at radius 3 is 1.95 bits per heavy atom. The van der Waals surface area contributed by atoms with Gasteiger partial charge in [-0.25, -0.2) is 14.4 Å². The van der Waals surface area contributed by atoms with Crippen LogP contribution in [0.1, 0.15) is 12.8 Å². The largest absolute Gasteiger partial charge is 0.480 e. The molecule has 1 aliphatic rings. The lowest BCUT2D eigenvalue weighted by molar-refractivity contribution is -0.155. The predicted molar refractivity (Wildman–Crippen MR) is 71.4 cm³/mol. The first-order chi connectivity index (χ1) is 10.4. The summed E-state index contributed by atoms with van der Waals surface area (Å²) < 4.78 is 5.00. The van der Waals surface area contributed by atoms with Gasteiger partial charge in [0.25, 0.3) is 0 Å². The van der Waals surface area contributed by atoms with E-state index in [1.54, 1.807) is 18.2 Å². The molecule has 8 heteroatoms. The number of aliphatic carboxylic acids is 2. The van der Waals surface area contributed by atoms with Gasteiger partial charge in [0, 0.05) is 12.8 Å². The first-order valence-electron chi connectivity index (χ1n) is 6.42. The Balaban J connectivity index is 2.28. The molecule has 0 saturated carbocycles. The molecule has 8 nitrogen and oxygen atoms in total. The molecule has 1 amide bonds. The van der Waals surface area contributed by atoms with E-state index >= 15 is 0 Å². The number of hydrogen-bond donors (Lipinski definition) is 2. The molecule has 1 aromatic carbocycles. The highest BCUT2D eigenvalue weighted by Crippen LogP contribution is 2.23. The number of nitrogens with zero attached hydrogens (tertiary/aromatic N) is 1. The number of ether oxygens (including phenoxy) is 1. The van der Waals surface area contributed by atoms with Gasteiger partial charge in [0.15, 0.2) is 0 Å². The summed E-state index contributed by atoms with van der Waals surface area (Å²) in [6, 6.07) is 4.73. The number of ketones is 1. The van der Waals surface area contributed by atoms with Crippen molar-refractivity contribution in [3.05, 3.63) is 30.3 Å². The molecule has 1 fully saturated rings. The minimum Gasteiger partial charge on any atom is -0.480 e. The van der Waals surface area contributed by atoms with Crippen LogP contribution in [0.3, 0.4) is 0 Å². The highest BCUT2D eigenvalue weighted by Gasteiger charge is 2.46. The molecule has 1 heterocycles. The third kappa shape index (κ3) is 3.22. The van der Waals surface area contributed by atoms with Gasteiger partial charge in [-0.3, -0.25) is 9.69 Å². The van der Waals surface area contributed by atoms with Crippen LogP contribution >= 0.6 is 0 Å². The Bertz CT molecular complexity index is 587. The fourth-order valence-electron chi connectivity index (χ4n) is 2.24. The maximum Gasteiger partial charge on any atom is 0.416 e. The van der Waals surface area contributed by atoms with Gasteiger partial charge >= 0.3 is 18.0 Å². The van der Waals surface area contributed by atoms with Crippen LogP contribution in [0.5, 0.6) is 5.75 Å². The Hall–Kier alpha value is -2.90. The van der Waals surface area contributed by atoms with Gasteiger partial charge in [0.1, 0.15) is 23.6 Å². The fraction of sp³-hybridized carbons (Fsp3) is 0.286. The van der Waals surface area contributed by atoms with E-state index in [0.717, 1.165) is 0 Å². The molecule has 0 aromatic heterocycles. The third-order valence-corrected chi connectivity index (χ3v) is 3.24. The van der Waals surface area contributed by atoms with Crippen LogP contribution < -0.4 is 4.74 Å². The molecule has 2 atom stereocenters. The summed E-state index contributed by atoms with van der Waals surface area (Å²) in [5, 5.41) is 18.3. The number of carboxylic acid groups (broad SMARTS) is 2. The van der Waals surface area contributed by atoms with Crippen molar-refractivity contribution < 1.29 is 34.1 Å². The van der Waals surface area contributed by atoms with E-state index in [1.165, 1.54) is 12.1 Å². The van der Waals surface area contributed by atoms with Crippen molar-refractivity contribution in [2.45, 2.75) is 24.9 Å². The van der Waals surface area contributed by atoms with E-state index in [0.29, 0.717) is 4.90 Å². The van der Waals surface area contributed by atoms with Crippen molar-refractivity contribution in [2.24, 2.45) is 0 Å². The molecule has 1 aromatic rings. The zero-order valence-corrected chi connectivity index (χ0v) is 11.3. The summed E-state index contributed by atoms with van der Waals surface area (Å²) in [6.45, 7) is 0. The summed E-state index contributed by atoms with van der Waals surface area (Å²) in [4.78, 5) is 46.8. The van der Waals surface area contributed by atoms with Crippen molar-refractivity contribution in [1.29, 1.82) is 0 Å². The van der Waals surface area contributed by atoms with E-state index in [9.17, 15) is 19.2 Å². The Labute approximate surface area is 124 Å². The molecular weight excluding hydrogens is 294 g/mol. The maximum atomic E-state index is 12.2. The number of likely N-dealkylation sites (tertiary alicyclic amines) is 1. The average Bonchev–Trinajstić information content (AvgIpc) is 2.47. The predicted octanol–water partition coefficient (Wildman–Crippen LogP) is 0.757. The van der Waals surface area contributed by atoms with E-state index in [1.807, 2.05) is 0 Å². The van der Waals surface area contributed by atoms with E-state index in [-0.39, 0.29) is 5.75 Å². The Morgan fingerprint density at radius 2 is 1.50 bits per heavy atom. The van der Waals surface area contributed by atoms with Crippen LogP contribution in [0.15, 0.2) is 30.3 Å². The standard InChI is InChI=1S/C14H13NO7/c16-8-6-10(12(17)18)15(11(7-8)13(19)20)14(21)22-9-4-2-1-3-5-9/h1-5,10-11H,6-7H2,(H,17,18)(H,19,20)/t10-,11+. The Morgan fingerprint density at radius 1 is 1.00 bits per heavy atom. The number of amides is 1. The van der Waals surface area contributed by atoms with E-state index in [4.69, 9.17) is 14.9 Å². The van der Waals surface area contributed by atoms with Crippen LogP contribution in [-0.2, 0) is 14.4 Å². The topological polar surface area (TPSA) is 121 Å². The van der Waals surface area contributed by atoms with E-state index in [2.05, 4.69) is 0 Å². The zero-order valence-electron chi connectivity index (χ0n) is 11.3. The monoisotopic (exact) mass is 307 g/mol. The molecule has 1 aliphatic heterocycles. The molecule has 0 spiro atoms. The Kier molecular flexibility index (Phi) is 4.40. The second kappa shape index (κ2) is 6.25. The smallest absolute Gasteiger partial charge is 0.416 e. The normalized spacial score (nSPS) is 21.3. The summed E-state index contributed by atoms with van der Waals surface area (Å²) >= 11 is 0. The lowest BCUT2D eigenvalue weighted by Crippen LogP contribution is -2.59. The number of benzene rings is 1. The quantitative estimate of drug-likeness (QED) is 0.845. The van der Waals surface area contributed by atoms with Gasteiger partial charge in [0.2, 0.25) is 0 Å². The number of rotatable bonds is 3. The lowest BCUT2D eigenvalue weighted by Gasteiger charge is -2.35. The van der Waals surface area contributed by atoms with Gasteiger partial charge in [-0.2, -0.15) is 0 Å². The van der Waals surface area contributed by atoms with E-state index < -0.39 is 48.7 Å². The number of Topliss-reactive ketones (excluding diaryl/α,β-unsaturated/α-hetero) is 1. The minimum atomic E-state index is -1.56. The number of carbonyl (C=O) groups excluding carboxylic acids is 2. The van der Waals surface area contributed by atoms with Crippen molar-refractivity contribution in [3.8, 4) is 5.75 Å². The summed E-state index contributed by atoms with van der Waals surface area (Å²) in [5.41, 5.74) is 0. The molecule has 2 rings (SSSR count). The molecule has 116 valence electrons. The highest BCUT2D eigenvalue weighted by atomic mass is 16.6. The molecule has 22 heavy (non-hydrogen) atoms. The zero-order chi connectivity index (χ0) is 16.3. The fourth-order valence-corrected chi connectivity index (χ4v) is 2.24. The summed E-state index contributed by atoms with van der Waals surface area (Å²) in [6.07, 6.45) is -2.00. The maximum absolute atomic E-state index is 12.2. The molecule has 2 N–H and O–H groups in total. The second-order valence-electron chi connectivity index (χ2n) is 4.74. The van der Waals surface area contributed by atoms with Crippen LogP contribution in [0.4, 0.5) is 4.79 Å². The molecule has 0 unspecified atom stereocenters. The van der Waals surface area contributed by atoms with Gasteiger partial charge in [-0.05, 0) is 12.1 Å². The first kappa shape index (κ1) is 15.5. The molecule has 0 bridgehead atoms. The second-order valence-corrected chi connectivity index (χ2v) is 4.74. The molecule has 0 radical (unpaired) electrons. The van der Waals surface area contributed by atoms with Crippen molar-refractivity contribution in [1.82, 2.24) is 4.90 Å². The SMILES string of the molecule is O=C1C[C@H](C(=O)O)N(C(=O)Oc2ccccc2)[C@H](C(=O)O)C1. The number of para-hydroxylation sites is 1. The van der Waals surface area contributed by atoms with Crippen molar-refractivity contribution in [2.75, 3.05) is 0 Å². The van der Waals surface area contributed by atoms with Gasteiger partial charge in [-0.1, -0.05) is 18.2 Å². The van der Waals surface area contributed by atoms with Crippen LogP contribution in [0.25, 0.3) is 0 Å². The summed E-state index contributed by atoms with van der Waals surface area (Å²) in [5.74, 6) is -3.28. The average molecular weight is 307 g/mol.